The minimum absolute atomic E-state index is 0.0332. The second-order valence-electron chi connectivity index (χ2n) is 3.49. The lowest BCUT2D eigenvalue weighted by Gasteiger charge is -2.00. The second-order valence-corrected chi connectivity index (χ2v) is 12.9. The predicted octanol–water partition coefficient (Wildman–Crippen LogP) is 6.39. The summed E-state index contributed by atoms with van der Waals surface area (Å²) < 4.78 is 43.4. The molecule has 132 valence electrons. The van der Waals surface area contributed by atoms with Gasteiger partial charge in [0.05, 0.1) is 5.02 Å². The first-order valence-electron chi connectivity index (χ1n) is 5.28. The van der Waals surface area contributed by atoms with Gasteiger partial charge in [-0.2, -0.15) is 0 Å². The molecule has 0 N–H and O–H groups in total. The zero-order valence-corrected chi connectivity index (χ0v) is 19.3. The van der Waals surface area contributed by atoms with E-state index < -0.39 is 18.1 Å². The van der Waals surface area contributed by atoms with E-state index in [-0.39, 0.29) is 17.8 Å². The van der Waals surface area contributed by atoms with Crippen LogP contribution in [0.5, 0.6) is 0 Å². The highest BCUT2D eigenvalue weighted by atomic mass is 79.9. The van der Waals surface area contributed by atoms with E-state index in [1.807, 2.05) is 0 Å². The Labute approximate surface area is 170 Å². The summed E-state index contributed by atoms with van der Waals surface area (Å²) in [5.74, 6) is 0. The highest BCUT2D eigenvalue weighted by molar-refractivity contribution is 9.11. The summed E-state index contributed by atoms with van der Waals surface area (Å²) in [7, 11) is 2.88. The summed E-state index contributed by atoms with van der Waals surface area (Å²) in [5, 5.41) is 0.205. The molecule has 4 nitrogen and oxygen atoms in total. The molecule has 0 aromatic carbocycles. The number of allylic oxidation sites excluding steroid dienone is 2. The van der Waals surface area contributed by atoms with Crippen LogP contribution in [0.3, 0.4) is 0 Å². The van der Waals surface area contributed by atoms with Gasteiger partial charge in [-0.1, -0.05) is 57.0 Å². The van der Waals surface area contributed by atoms with Crippen LogP contribution < -0.4 is 0 Å². The van der Waals surface area contributed by atoms with Crippen molar-refractivity contribution in [2.24, 2.45) is 0 Å². The molecule has 0 aliphatic carbocycles. The highest BCUT2D eigenvalue weighted by Crippen LogP contribution is 2.35. The first-order chi connectivity index (χ1) is 10.3. The Balaban J connectivity index is 0.000000422. The Morgan fingerprint density at radius 1 is 1.26 bits per heavy atom. The van der Waals surface area contributed by atoms with Crippen molar-refractivity contribution in [3.05, 3.63) is 35.6 Å². The van der Waals surface area contributed by atoms with Crippen molar-refractivity contribution in [1.82, 2.24) is 0 Å². The smallest absolute Gasteiger partial charge is 0.206 e. The average Bonchev–Trinajstić information content (AvgIpc) is 2.75. The Morgan fingerprint density at radius 2 is 1.78 bits per heavy atom. The molecule has 0 radical (unpaired) electrons. The van der Waals surface area contributed by atoms with Crippen LogP contribution in [-0.4, -0.2) is 16.8 Å². The van der Waals surface area contributed by atoms with Gasteiger partial charge in [0, 0.05) is 21.4 Å². The first kappa shape index (κ1) is 24.1. The maximum Gasteiger partial charge on any atom is 0.270 e. The van der Waals surface area contributed by atoms with E-state index >= 15 is 0 Å². The van der Waals surface area contributed by atoms with Gasteiger partial charge in [0.1, 0.15) is 12.8 Å². The van der Waals surface area contributed by atoms with E-state index in [4.69, 9.17) is 44.6 Å². The number of halogens is 5. The molecule has 1 rings (SSSR count). The van der Waals surface area contributed by atoms with E-state index in [9.17, 15) is 16.8 Å². The molecule has 0 bridgehead atoms. The van der Waals surface area contributed by atoms with Crippen molar-refractivity contribution in [3.63, 3.8) is 0 Å². The standard InChI is InChI=1S/C6H8BrClO2S2.C4HCl3O2S2/c1-3-6(12(8,9)10)11-5(2)4-7;5-2-1-3(10-4(2)6)11(7,8)9/h3-4H,1-2H3;1H/b5-4+,6-3+;. The SMILES string of the molecule is C/C=C(\S/C(C)=C/Br)S(=O)(=O)Cl.O=S(=O)(Cl)c1cc(Cl)c(Cl)s1. The molecular formula is C10H9BrCl4O4S4. The van der Waals surface area contributed by atoms with Gasteiger partial charge in [0.25, 0.3) is 18.1 Å². The monoisotopic (exact) mass is 540 g/mol. The van der Waals surface area contributed by atoms with Crippen molar-refractivity contribution >= 4 is 102 Å². The topological polar surface area (TPSA) is 68.3 Å². The molecule has 0 saturated heterocycles. The Hall–Kier alpha value is 1.07. The summed E-state index contributed by atoms with van der Waals surface area (Å²) in [6, 6.07) is 1.22. The van der Waals surface area contributed by atoms with Gasteiger partial charge in [-0.05, 0) is 29.8 Å². The Bertz CT molecular complexity index is 792. The lowest BCUT2D eigenvalue weighted by Crippen LogP contribution is -1.89. The maximum absolute atomic E-state index is 10.8. The van der Waals surface area contributed by atoms with Gasteiger partial charge in [-0.25, -0.2) is 16.8 Å². The summed E-state index contributed by atoms with van der Waals surface area (Å²) in [6.07, 6.45) is 1.47. The molecule has 13 heteroatoms. The predicted molar refractivity (Wildman–Crippen MR) is 106 cm³/mol. The van der Waals surface area contributed by atoms with E-state index in [0.717, 1.165) is 28.0 Å². The fourth-order valence-corrected chi connectivity index (χ4v) is 5.89. The van der Waals surface area contributed by atoms with Crippen molar-refractivity contribution in [2.75, 3.05) is 0 Å². The van der Waals surface area contributed by atoms with Crippen LogP contribution >= 0.6 is 83.6 Å². The molecule has 0 fully saturated rings. The van der Waals surface area contributed by atoms with Crippen molar-refractivity contribution in [2.45, 2.75) is 18.1 Å². The van der Waals surface area contributed by atoms with Crippen molar-refractivity contribution in [3.8, 4) is 0 Å². The van der Waals surface area contributed by atoms with E-state index in [1.54, 1.807) is 18.8 Å². The number of thioether (sulfide) groups is 1. The fourth-order valence-electron chi connectivity index (χ4n) is 0.877. The molecule has 1 aromatic rings. The quantitative estimate of drug-likeness (QED) is 0.412. The summed E-state index contributed by atoms with van der Waals surface area (Å²) in [4.78, 5) is 2.47. The van der Waals surface area contributed by atoms with E-state index in [0.29, 0.717) is 0 Å². The number of rotatable bonds is 4. The Kier molecular flexibility index (Phi) is 10.8. The zero-order valence-electron chi connectivity index (χ0n) is 11.4. The molecule has 1 aromatic heterocycles. The molecule has 0 atom stereocenters. The maximum atomic E-state index is 10.8. The third-order valence-electron chi connectivity index (χ3n) is 1.75. The third kappa shape index (κ3) is 9.37. The van der Waals surface area contributed by atoms with Crippen molar-refractivity contribution < 1.29 is 16.8 Å². The van der Waals surface area contributed by atoms with E-state index in [2.05, 4.69) is 15.9 Å². The van der Waals surface area contributed by atoms with Crippen LogP contribution in [0.15, 0.2) is 30.5 Å². The van der Waals surface area contributed by atoms with Crippen LogP contribution in [0, 0.1) is 0 Å². The summed E-state index contributed by atoms with van der Waals surface area (Å²) in [5.41, 5.74) is 0. The van der Waals surface area contributed by atoms with Crippen LogP contribution in [0.2, 0.25) is 9.36 Å². The number of hydrogen-bond acceptors (Lipinski definition) is 6. The zero-order chi connectivity index (χ0) is 18.4. The molecule has 0 aliphatic heterocycles. The van der Waals surface area contributed by atoms with Gasteiger partial charge in [-0.3, -0.25) is 0 Å². The second kappa shape index (κ2) is 10.3. The fraction of sp³-hybridized carbons (Fsp3) is 0.200. The minimum Gasteiger partial charge on any atom is -0.206 e. The van der Waals surface area contributed by atoms with Gasteiger partial charge in [-0.15, -0.1) is 11.3 Å². The largest absolute Gasteiger partial charge is 0.270 e. The minimum atomic E-state index is -3.68. The molecule has 1 heterocycles. The first-order valence-corrected chi connectivity index (χ1v) is 13.2. The van der Waals surface area contributed by atoms with Gasteiger partial charge < -0.3 is 0 Å². The van der Waals surface area contributed by atoms with Gasteiger partial charge in [0.2, 0.25) is 0 Å². The molecule has 0 spiro atoms. The molecule has 23 heavy (non-hydrogen) atoms. The molecular weight excluding hydrogens is 534 g/mol. The molecule has 0 unspecified atom stereocenters. The number of hydrogen-bond donors (Lipinski definition) is 0. The van der Waals surface area contributed by atoms with Gasteiger partial charge in [0.15, 0.2) is 0 Å². The van der Waals surface area contributed by atoms with Crippen LogP contribution in [0.25, 0.3) is 0 Å². The van der Waals surface area contributed by atoms with Crippen LogP contribution in [-0.2, 0) is 18.1 Å². The molecule has 0 amide bonds. The average molecular weight is 543 g/mol. The lowest BCUT2D eigenvalue weighted by atomic mass is 10.7. The Morgan fingerprint density at radius 3 is 2.00 bits per heavy atom. The third-order valence-corrected chi connectivity index (χ3v) is 9.96. The summed E-state index contributed by atoms with van der Waals surface area (Å²) in [6.45, 7) is 3.41. The normalized spacial score (nSPS) is 13.5. The van der Waals surface area contributed by atoms with Crippen LogP contribution in [0.1, 0.15) is 13.8 Å². The number of thiophene rings is 1. The highest BCUT2D eigenvalue weighted by Gasteiger charge is 2.15. The molecule has 0 saturated carbocycles. The van der Waals surface area contributed by atoms with Crippen molar-refractivity contribution in [1.29, 1.82) is 0 Å². The summed E-state index contributed by atoms with van der Waals surface area (Å²) >= 11 is 16.0. The lowest BCUT2D eigenvalue weighted by molar-refractivity contribution is 0.611. The molecule has 0 aliphatic rings. The van der Waals surface area contributed by atoms with E-state index in [1.165, 1.54) is 12.1 Å². The van der Waals surface area contributed by atoms with Crippen LogP contribution in [0.4, 0.5) is 0 Å². The van der Waals surface area contributed by atoms with Gasteiger partial charge >= 0.3 is 0 Å².